The topological polar surface area (TPSA) is 29.1 Å². The number of nitrogens with one attached hydrogen (secondary N) is 1. The summed E-state index contributed by atoms with van der Waals surface area (Å²) >= 11 is 3.92. The van der Waals surface area contributed by atoms with Gasteiger partial charge in [-0.1, -0.05) is 0 Å². The lowest BCUT2D eigenvalue weighted by atomic mass is 10.1. The first-order valence-corrected chi connectivity index (χ1v) is 7.71. The maximum absolute atomic E-state index is 12.9. The lowest BCUT2D eigenvalue weighted by molar-refractivity contribution is 0.0947. The van der Waals surface area contributed by atoms with Crippen molar-refractivity contribution in [3.63, 3.8) is 0 Å². The standard InChI is InChI=1S/C12H13FINOS/c13-9-1-2-10(11(14)5-9)12(16)15-6-8-3-4-17-7-8/h1-2,5,8H,3-4,6-7H2,(H,15,16). The van der Waals surface area contributed by atoms with E-state index in [-0.39, 0.29) is 11.7 Å². The Morgan fingerprint density at radius 2 is 2.41 bits per heavy atom. The number of rotatable bonds is 3. The van der Waals surface area contributed by atoms with Crippen molar-refractivity contribution in [1.82, 2.24) is 5.32 Å². The van der Waals surface area contributed by atoms with Crippen molar-refractivity contribution in [2.75, 3.05) is 18.1 Å². The van der Waals surface area contributed by atoms with Crippen LogP contribution in [0.25, 0.3) is 0 Å². The van der Waals surface area contributed by atoms with Crippen molar-refractivity contribution in [2.45, 2.75) is 6.42 Å². The van der Waals surface area contributed by atoms with Gasteiger partial charge in [-0.2, -0.15) is 11.8 Å². The third-order valence-electron chi connectivity index (χ3n) is 2.75. The molecular formula is C12H13FINOS. The van der Waals surface area contributed by atoms with E-state index in [1.54, 1.807) is 0 Å². The minimum absolute atomic E-state index is 0.105. The van der Waals surface area contributed by atoms with Gasteiger partial charge < -0.3 is 5.32 Å². The highest BCUT2D eigenvalue weighted by Gasteiger charge is 2.17. The number of hydrogen-bond donors (Lipinski definition) is 1. The maximum Gasteiger partial charge on any atom is 0.252 e. The molecule has 0 radical (unpaired) electrons. The first-order valence-electron chi connectivity index (χ1n) is 5.48. The Morgan fingerprint density at radius 1 is 1.59 bits per heavy atom. The normalized spacial score (nSPS) is 19.3. The monoisotopic (exact) mass is 365 g/mol. The fraction of sp³-hybridized carbons (Fsp3) is 0.417. The van der Waals surface area contributed by atoms with Crippen LogP contribution in [-0.4, -0.2) is 24.0 Å². The average molecular weight is 365 g/mol. The lowest BCUT2D eigenvalue weighted by Gasteiger charge is -2.10. The summed E-state index contributed by atoms with van der Waals surface area (Å²) in [6, 6.07) is 4.24. The summed E-state index contributed by atoms with van der Waals surface area (Å²) < 4.78 is 13.6. The Kier molecular flexibility index (Phi) is 4.67. The molecule has 0 aliphatic carbocycles. The third kappa shape index (κ3) is 3.58. The van der Waals surface area contributed by atoms with E-state index in [9.17, 15) is 9.18 Å². The Hall–Kier alpha value is -0.300. The minimum atomic E-state index is -0.307. The molecule has 1 heterocycles. The molecular weight excluding hydrogens is 352 g/mol. The summed E-state index contributed by atoms with van der Waals surface area (Å²) in [5, 5.41) is 2.92. The second-order valence-electron chi connectivity index (χ2n) is 4.06. The SMILES string of the molecule is O=C(NCC1CCSC1)c1ccc(F)cc1I. The first kappa shape index (κ1) is 13.1. The molecule has 1 aromatic carbocycles. The van der Waals surface area contributed by atoms with Crippen molar-refractivity contribution < 1.29 is 9.18 Å². The number of hydrogen-bond acceptors (Lipinski definition) is 2. The molecule has 1 aliphatic heterocycles. The van der Waals surface area contributed by atoms with Crippen LogP contribution in [0.1, 0.15) is 16.8 Å². The van der Waals surface area contributed by atoms with E-state index < -0.39 is 0 Å². The molecule has 1 unspecified atom stereocenters. The van der Waals surface area contributed by atoms with Crippen LogP contribution in [0.4, 0.5) is 4.39 Å². The second kappa shape index (κ2) is 6.04. The number of thioether (sulfide) groups is 1. The smallest absolute Gasteiger partial charge is 0.252 e. The molecule has 2 nitrogen and oxygen atoms in total. The van der Waals surface area contributed by atoms with Gasteiger partial charge in [0.2, 0.25) is 0 Å². The van der Waals surface area contributed by atoms with Crippen LogP contribution in [0, 0.1) is 15.3 Å². The highest BCUT2D eigenvalue weighted by Crippen LogP contribution is 2.22. The fourth-order valence-electron chi connectivity index (χ4n) is 1.75. The highest BCUT2D eigenvalue weighted by molar-refractivity contribution is 14.1. The van der Waals surface area contributed by atoms with E-state index >= 15 is 0 Å². The van der Waals surface area contributed by atoms with Crippen molar-refractivity contribution in [1.29, 1.82) is 0 Å². The first-order chi connectivity index (χ1) is 8.16. The summed E-state index contributed by atoms with van der Waals surface area (Å²) in [5.74, 6) is 2.49. The van der Waals surface area contributed by atoms with E-state index in [0.717, 1.165) is 12.3 Å². The summed E-state index contributed by atoms with van der Waals surface area (Å²) in [5.41, 5.74) is 0.553. The zero-order chi connectivity index (χ0) is 12.3. The molecule has 1 N–H and O–H groups in total. The van der Waals surface area contributed by atoms with Gasteiger partial charge in [-0.3, -0.25) is 4.79 Å². The van der Waals surface area contributed by atoms with Gasteiger partial charge in [-0.25, -0.2) is 4.39 Å². The van der Waals surface area contributed by atoms with E-state index in [1.165, 1.54) is 30.4 Å². The molecule has 1 aromatic rings. The quantitative estimate of drug-likeness (QED) is 0.835. The van der Waals surface area contributed by atoms with Crippen LogP contribution < -0.4 is 5.32 Å². The second-order valence-corrected chi connectivity index (χ2v) is 6.38. The molecule has 17 heavy (non-hydrogen) atoms. The van der Waals surface area contributed by atoms with Crippen LogP contribution in [0.2, 0.25) is 0 Å². The van der Waals surface area contributed by atoms with Crippen LogP contribution in [0.5, 0.6) is 0 Å². The zero-order valence-electron chi connectivity index (χ0n) is 9.21. The van der Waals surface area contributed by atoms with E-state index in [1.807, 2.05) is 34.4 Å². The molecule has 0 saturated carbocycles. The predicted molar refractivity (Wildman–Crippen MR) is 76.9 cm³/mol. The molecule has 0 spiro atoms. The number of carbonyl (C=O) groups excluding carboxylic acids is 1. The summed E-state index contributed by atoms with van der Waals surface area (Å²) in [6.07, 6.45) is 1.17. The predicted octanol–water partition coefficient (Wildman–Crippen LogP) is 2.91. The van der Waals surface area contributed by atoms with Crippen molar-refractivity contribution >= 4 is 40.3 Å². The number of halogens is 2. The summed E-state index contributed by atoms with van der Waals surface area (Å²) in [6.45, 7) is 0.722. The number of amides is 1. The third-order valence-corrected chi connectivity index (χ3v) is 4.88. The Labute approximate surface area is 118 Å². The van der Waals surface area contributed by atoms with Gasteiger partial charge in [-0.05, 0) is 64.6 Å². The van der Waals surface area contributed by atoms with Crippen LogP contribution in [0.15, 0.2) is 18.2 Å². The van der Waals surface area contributed by atoms with E-state index in [2.05, 4.69) is 5.32 Å². The van der Waals surface area contributed by atoms with Gasteiger partial charge in [0.15, 0.2) is 0 Å². The van der Waals surface area contributed by atoms with Crippen molar-refractivity contribution in [3.8, 4) is 0 Å². The van der Waals surface area contributed by atoms with Crippen LogP contribution in [-0.2, 0) is 0 Å². The maximum atomic E-state index is 12.9. The molecule has 1 fully saturated rings. The molecule has 1 saturated heterocycles. The molecule has 5 heteroatoms. The number of carbonyl (C=O) groups is 1. The van der Waals surface area contributed by atoms with E-state index in [4.69, 9.17) is 0 Å². The highest BCUT2D eigenvalue weighted by atomic mass is 127. The van der Waals surface area contributed by atoms with Gasteiger partial charge in [-0.15, -0.1) is 0 Å². The van der Waals surface area contributed by atoms with Gasteiger partial charge >= 0.3 is 0 Å². The summed E-state index contributed by atoms with van der Waals surface area (Å²) in [7, 11) is 0. The molecule has 0 aromatic heterocycles. The summed E-state index contributed by atoms with van der Waals surface area (Å²) in [4.78, 5) is 11.9. The molecule has 1 aliphatic rings. The van der Waals surface area contributed by atoms with Gasteiger partial charge in [0, 0.05) is 10.1 Å². The van der Waals surface area contributed by atoms with Crippen molar-refractivity contribution in [2.24, 2.45) is 5.92 Å². The van der Waals surface area contributed by atoms with Crippen LogP contribution >= 0.6 is 34.4 Å². The van der Waals surface area contributed by atoms with Gasteiger partial charge in [0.1, 0.15) is 5.82 Å². The Balaban J connectivity index is 1.94. The van der Waals surface area contributed by atoms with Gasteiger partial charge in [0.25, 0.3) is 5.91 Å². The number of benzene rings is 1. The molecule has 0 bridgehead atoms. The molecule has 2 rings (SSSR count). The Morgan fingerprint density at radius 3 is 3.06 bits per heavy atom. The largest absolute Gasteiger partial charge is 0.352 e. The van der Waals surface area contributed by atoms with Crippen molar-refractivity contribution in [3.05, 3.63) is 33.1 Å². The van der Waals surface area contributed by atoms with Gasteiger partial charge in [0.05, 0.1) is 5.56 Å². The van der Waals surface area contributed by atoms with E-state index in [0.29, 0.717) is 15.1 Å². The Bertz CT molecular complexity index is 421. The van der Waals surface area contributed by atoms with Crippen LogP contribution in [0.3, 0.4) is 0 Å². The molecule has 1 amide bonds. The molecule has 92 valence electrons. The lowest BCUT2D eigenvalue weighted by Crippen LogP contribution is -2.29. The zero-order valence-corrected chi connectivity index (χ0v) is 12.2. The molecule has 1 atom stereocenters. The fourth-order valence-corrected chi connectivity index (χ4v) is 3.76. The minimum Gasteiger partial charge on any atom is -0.352 e. The average Bonchev–Trinajstić information content (AvgIpc) is 2.78.